The van der Waals surface area contributed by atoms with E-state index < -0.39 is 0 Å². The number of H-pyrrole nitrogens is 1. The molecule has 0 bridgehead atoms. The average molecular weight is 413 g/mol. The normalized spacial score (nSPS) is 9.90. The monoisotopic (exact) mass is 412 g/mol. The molecule has 7 nitrogen and oxygen atoms in total. The standard InChI is InChI=1S/C19H24N6O.2C2H6/c1-13-10-16-12-25(19(26)24-18(16)23-13)17-6-4-15(5-7-17)11-21-8-3-9-22-14(2)20;2*1-2/h4-7,10,12,21-22H,2-3,8-9,11,20H2,1H3,(H,23,24,26);2*1-2H3. The molecule has 0 aliphatic rings. The Morgan fingerprint density at radius 1 is 1.17 bits per heavy atom. The Morgan fingerprint density at radius 3 is 2.47 bits per heavy atom. The van der Waals surface area contributed by atoms with Gasteiger partial charge in [0.2, 0.25) is 0 Å². The van der Waals surface area contributed by atoms with Crippen LogP contribution in [0, 0.1) is 6.92 Å². The number of rotatable bonds is 8. The Labute approximate surface area is 179 Å². The van der Waals surface area contributed by atoms with Gasteiger partial charge in [0.15, 0.2) is 0 Å². The molecule has 0 aliphatic carbocycles. The van der Waals surface area contributed by atoms with E-state index in [0.717, 1.165) is 48.4 Å². The maximum atomic E-state index is 12.2. The van der Waals surface area contributed by atoms with E-state index in [1.165, 1.54) is 0 Å². The van der Waals surface area contributed by atoms with Crippen molar-refractivity contribution < 1.29 is 0 Å². The summed E-state index contributed by atoms with van der Waals surface area (Å²) in [6.45, 7) is 16.0. The first kappa shape index (κ1) is 25.0. The van der Waals surface area contributed by atoms with Crippen molar-refractivity contribution in [1.82, 2.24) is 25.2 Å². The minimum Gasteiger partial charge on any atom is -0.386 e. The van der Waals surface area contributed by atoms with E-state index in [4.69, 9.17) is 5.73 Å². The van der Waals surface area contributed by atoms with Crippen molar-refractivity contribution in [2.24, 2.45) is 5.73 Å². The van der Waals surface area contributed by atoms with Crippen LogP contribution < -0.4 is 22.1 Å². The molecule has 0 fully saturated rings. The molecule has 2 heterocycles. The van der Waals surface area contributed by atoms with Crippen LogP contribution in [0.1, 0.15) is 45.4 Å². The van der Waals surface area contributed by atoms with Crippen LogP contribution >= 0.6 is 0 Å². The van der Waals surface area contributed by atoms with Crippen LogP contribution in [0.5, 0.6) is 0 Å². The lowest BCUT2D eigenvalue weighted by Crippen LogP contribution is -2.24. The van der Waals surface area contributed by atoms with Crippen LogP contribution in [-0.4, -0.2) is 27.6 Å². The molecule has 0 radical (unpaired) electrons. The summed E-state index contributed by atoms with van der Waals surface area (Å²) in [5.41, 5.74) is 8.72. The van der Waals surface area contributed by atoms with E-state index in [-0.39, 0.29) is 5.69 Å². The second kappa shape index (κ2) is 13.2. The van der Waals surface area contributed by atoms with Crippen LogP contribution in [0.15, 0.2) is 53.7 Å². The number of nitrogens with zero attached hydrogens (tertiary/aromatic N) is 2. The summed E-state index contributed by atoms with van der Waals surface area (Å²) in [7, 11) is 0. The molecule has 0 spiro atoms. The summed E-state index contributed by atoms with van der Waals surface area (Å²) in [5.74, 6) is 0.498. The molecule has 2 aromatic heterocycles. The van der Waals surface area contributed by atoms with Gasteiger partial charge in [0.1, 0.15) is 5.65 Å². The molecular formula is C23H36N6O. The zero-order chi connectivity index (χ0) is 22.5. The summed E-state index contributed by atoms with van der Waals surface area (Å²) in [6.07, 6.45) is 2.78. The molecule has 0 saturated carbocycles. The van der Waals surface area contributed by atoms with Gasteiger partial charge in [0.05, 0.1) is 11.5 Å². The van der Waals surface area contributed by atoms with E-state index in [0.29, 0.717) is 11.5 Å². The lowest BCUT2D eigenvalue weighted by atomic mass is 10.2. The number of hydrogen-bond acceptors (Lipinski definition) is 5. The molecule has 0 atom stereocenters. The third-order valence-electron chi connectivity index (χ3n) is 4.07. The van der Waals surface area contributed by atoms with Crippen molar-refractivity contribution in [3.63, 3.8) is 0 Å². The SMILES string of the molecule is C=C(N)NCCCNCc1ccc(-n2cc3cc(C)[nH]c3nc2=O)cc1.CC.CC. The van der Waals surface area contributed by atoms with Crippen LogP contribution in [0.2, 0.25) is 0 Å². The number of nitrogens with two attached hydrogens (primary N) is 1. The number of aryl methyl sites for hydroxylation is 1. The highest BCUT2D eigenvalue weighted by molar-refractivity contribution is 5.75. The van der Waals surface area contributed by atoms with Gasteiger partial charge in [-0.1, -0.05) is 46.4 Å². The summed E-state index contributed by atoms with van der Waals surface area (Å²) < 4.78 is 1.57. The second-order valence-corrected chi connectivity index (χ2v) is 6.30. The smallest absolute Gasteiger partial charge is 0.354 e. The van der Waals surface area contributed by atoms with Crippen LogP contribution in [-0.2, 0) is 6.54 Å². The number of aromatic nitrogens is 3. The van der Waals surface area contributed by atoms with E-state index >= 15 is 0 Å². The van der Waals surface area contributed by atoms with Gasteiger partial charge in [-0.25, -0.2) is 4.79 Å². The van der Waals surface area contributed by atoms with Gasteiger partial charge in [-0.05, 0) is 43.7 Å². The fourth-order valence-electron chi connectivity index (χ4n) is 2.79. The van der Waals surface area contributed by atoms with Gasteiger partial charge >= 0.3 is 5.69 Å². The molecule has 164 valence electrons. The quantitative estimate of drug-likeness (QED) is 0.424. The van der Waals surface area contributed by atoms with E-state index in [1.807, 2.05) is 71.1 Å². The Bertz CT molecular complexity index is 956. The number of hydrogen-bond donors (Lipinski definition) is 4. The second-order valence-electron chi connectivity index (χ2n) is 6.30. The van der Waals surface area contributed by atoms with E-state index in [9.17, 15) is 4.79 Å². The summed E-state index contributed by atoms with van der Waals surface area (Å²) in [6, 6.07) is 9.88. The molecule has 7 heteroatoms. The zero-order valence-corrected chi connectivity index (χ0v) is 18.9. The lowest BCUT2D eigenvalue weighted by Gasteiger charge is -2.08. The fourth-order valence-corrected chi connectivity index (χ4v) is 2.79. The largest absolute Gasteiger partial charge is 0.386 e. The van der Waals surface area contributed by atoms with Crippen molar-refractivity contribution in [3.8, 4) is 5.69 Å². The van der Waals surface area contributed by atoms with Gasteiger partial charge in [-0.3, -0.25) is 4.57 Å². The van der Waals surface area contributed by atoms with Gasteiger partial charge in [-0.2, -0.15) is 4.98 Å². The third-order valence-corrected chi connectivity index (χ3v) is 4.07. The first-order valence-corrected chi connectivity index (χ1v) is 10.6. The van der Waals surface area contributed by atoms with Crippen LogP contribution in [0.25, 0.3) is 16.7 Å². The molecule has 0 unspecified atom stereocenters. The first-order valence-electron chi connectivity index (χ1n) is 10.6. The van der Waals surface area contributed by atoms with Crippen molar-refractivity contribution in [2.45, 2.75) is 47.6 Å². The highest BCUT2D eigenvalue weighted by Crippen LogP contribution is 2.13. The maximum Gasteiger partial charge on any atom is 0.354 e. The highest BCUT2D eigenvalue weighted by Gasteiger charge is 2.06. The number of nitrogens with one attached hydrogen (secondary N) is 3. The molecule has 30 heavy (non-hydrogen) atoms. The molecule has 5 N–H and O–H groups in total. The molecule has 0 amide bonds. The summed E-state index contributed by atoms with van der Waals surface area (Å²) in [4.78, 5) is 19.4. The van der Waals surface area contributed by atoms with Crippen molar-refractivity contribution in [1.29, 1.82) is 0 Å². The Kier molecular flexibility index (Phi) is 11.0. The third kappa shape index (κ3) is 7.40. The highest BCUT2D eigenvalue weighted by atomic mass is 16.1. The lowest BCUT2D eigenvalue weighted by molar-refractivity contribution is 0.625. The fraction of sp³-hybridized carbons (Fsp3) is 0.391. The molecule has 3 aromatic rings. The molecule has 3 rings (SSSR count). The van der Waals surface area contributed by atoms with Crippen molar-refractivity contribution in [2.75, 3.05) is 13.1 Å². The molecule has 0 aliphatic heterocycles. The number of aromatic amines is 1. The topological polar surface area (TPSA) is 101 Å². The Balaban J connectivity index is 0.00000106. The van der Waals surface area contributed by atoms with Gasteiger partial charge < -0.3 is 21.4 Å². The molecular weight excluding hydrogens is 376 g/mol. The zero-order valence-electron chi connectivity index (χ0n) is 18.9. The minimum absolute atomic E-state index is 0.292. The predicted molar refractivity (Wildman–Crippen MR) is 127 cm³/mol. The van der Waals surface area contributed by atoms with Crippen molar-refractivity contribution >= 4 is 11.0 Å². The van der Waals surface area contributed by atoms with Gasteiger partial charge in [0, 0.05) is 30.4 Å². The van der Waals surface area contributed by atoms with Gasteiger partial charge in [-0.15, -0.1) is 0 Å². The van der Waals surface area contributed by atoms with Crippen LogP contribution in [0.3, 0.4) is 0 Å². The van der Waals surface area contributed by atoms with Crippen LogP contribution in [0.4, 0.5) is 0 Å². The first-order chi connectivity index (χ1) is 14.5. The Morgan fingerprint density at radius 2 is 1.83 bits per heavy atom. The average Bonchev–Trinajstić information content (AvgIpc) is 3.12. The van der Waals surface area contributed by atoms with E-state index in [2.05, 4.69) is 27.2 Å². The minimum atomic E-state index is -0.292. The maximum absolute atomic E-state index is 12.2. The number of benzene rings is 1. The predicted octanol–water partition coefficient (Wildman–Crippen LogP) is 3.57. The molecule has 0 saturated heterocycles. The van der Waals surface area contributed by atoms with Crippen molar-refractivity contribution in [3.05, 3.63) is 70.7 Å². The van der Waals surface area contributed by atoms with Gasteiger partial charge in [0.25, 0.3) is 0 Å². The summed E-state index contributed by atoms with van der Waals surface area (Å²) in [5, 5.41) is 7.29. The summed E-state index contributed by atoms with van der Waals surface area (Å²) >= 11 is 0. The molecule has 1 aromatic carbocycles. The number of fused-ring (bicyclic) bond motifs is 1. The van der Waals surface area contributed by atoms with E-state index in [1.54, 1.807) is 4.57 Å². The Hall–Kier alpha value is -3.06.